The van der Waals surface area contributed by atoms with E-state index in [0.717, 1.165) is 25.7 Å². The SMILES string of the molecule is CS(=O)(=O)CCCC(O)C1(c2ccccc2)CCCCC1. The van der Waals surface area contributed by atoms with Gasteiger partial charge in [0.15, 0.2) is 0 Å². The molecule has 0 aromatic heterocycles. The van der Waals surface area contributed by atoms with Gasteiger partial charge in [0.1, 0.15) is 9.84 Å². The van der Waals surface area contributed by atoms with Crippen LogP contribution in [0.2, 0.25) is 0 Å². The molecular formula is C17H26O3S. The predicted octanol–water partition coefficient (Wildman–Crippen LogP) is 3.07. The monoisotopic (exact) mass is 310 g/mol. The van der Waals surface area contributed by atoms with Crippen LogP contribution in [-0.4, -0.2) is 31.6 Å². The van der Waals surface area contributed by atoms with Crippen molar-refractivity contribution in [2.24, 2.45) is 0 Å². The predicted molar refractivity (Wildman–Crippen MR) is 86.2 cm³/mol. The molecule has 0 saturated heterocycles. The van der Waals surface area contributed by atoms with E-state index in [1.54, 1.807) is 0 Å². The first-order valence-electron chi connectivity index (χ1n) is 7.85. The zero-order chi connectivity index (χ0) is 15.3. The van der Waals surface area contributed by atoms with Gasteiger partial charge in [-0.1, -0.05) is 49.6 Å². The molecule has 0 radical (unpaired) electrons. The van der Waals surface area contributed by atoms with Gasteiger partial charge in [-0.15, -0.1) is 0 Å². The summed E-state index contributed by atoms with van der Waals surface area (Å²) in [7, 11) is -2.95. The summed E-state index contributed by atoms with van der Waals surface area (Å²) in [5, 5.41) is 10.8. The maximum atomic E-state index is 11.3. The quantitative estimate of drug-likeness (QED) is 0.878. The molecular weight excluding hydrogens is 284 g/mol. The van der Waals surface area contributed by atoms with Crippen LogP contribution in [0.25, 0.3) is 0 Å². The van der Waals surface area contributed by atoms with Crippen molar-refractivity contribution in [3.05, 3.63) is 35.9 Å². The van der Waals surface area contributed by atoms with Crippen LogP contribution in [0.4, 0.5) is 0 Å². The van der Waals surface area contributed by atoms with E-state index in [4.69, 9.17) is 0 Å². The van der Waals surface area contributed by atoms with E-state index in [1.165, 1.54) is 18.2 Å². The normalized spacial score (nSPS) is 20.1. The topological polar surface area (TPSA) is 54.4 Å². The molecule has 1 unspecified atom stereocenters. The van der Waals surface area contributed by atoms with Crippen LogP contribution in [0.15, 0.2) is 30.3 Å². The van der Waals surface area contributed by atoms with Gasteiger partial charge < -0.3 is 5.11 Å². The van der Waals surface area contributed by atoms with Gasteiger partial charge in [-0.2, -0.15) is 0 Å². The Labute approximate surface area is 128 Å². The minimum Gasteiger partial charge on any atom is -0.392 e. The molecule has 0 aliphatic heterocycles. The highest BCUT2D eigenvalue weighted by Crippen LogP contribution is 2.43. The molecule has 0 amide bonds. The van der Waals surface area contributed by atoms with E-state index in [-0.39, 0.29) is 11.2 Å². The summed E-state index contributed by atoms with van der Waals surface area (Å²) in [5.41, 5.74) is 1.02. The molecule has 118 valence electrons. The highest BCUT2D eigenvalue weighted by Gasteiger charge is 2.40. The average molecular weight is 310 g/mol. The lowest BCUT2D eigenvalue weighted by Crippen LogP contribution is -2.41. The molecule has 1 aliphatic rings. The molecule has 0 heterocycles. The van der Waals surface area contributed by atoms with Crippen molar-refractivity contribution in [2.75, 3.05) is 12.0 Å². The lowest BCUT2D eigenvalue weighted by Gasteiger charge is -2.42. The van der Waals surface area contributed by atoms with Crippen LogP contribution in [0.1, 0.15) is 50.5 Å². The van der Waals surface area contributed by atoms with Crippen LogP contribution in [0, 0.1) is 0 Å². The highest BCUT2D eigenvalue weighted by molar-refractivity contribution is 7.90. The van der Waals surface area contributed by atoms with E-state index in [2.05, 4.69) is 12.1 Å². The van der Waals surface area contributed by atoms with E-state index in [1.807, 2.05) is 18.2 Å². The van der Waals surface area contributed by atoms with E-state index >= 15 is 0 Å². The number of hydrogen-bond donors (Lipinski definition) is 1. The molecule has 1 atom stereocenters. The van der Waals surface area contributed by atoms with Gasteiger partial charge in [0.25, 0.3) is 0 Å². The number of aliphatic hydroxyl groups is 1. The summed E-state index contributed by atoms with van der Waals surface area (Å²) in [5.74, 6) is 0.162. The molecule has 4 heteroatoms. The summed E-state index contributed by atoms with van der Waals surface area (Å²) in [6.07, 6.45) is 7.39. The van der Waals surface area contributed by atoms with Crippen molar-refractivity contribution >= 4 is 9.84 Å². The van der Waals surface area contributed by atoms with Crippen LogP contribution in [0.5, 0.6) is 0 Å². The first-order chi connectivity index (χ1) is 9.94. The molecule has 21 heavy (non-hydrogen) atoms. The number of hydrogen-bond acceptors (Lipinski definition) is 3. The van der Waals surface area contributed by atoms with Gasteiger partial charge >= 0.3 is 0 Å². The Morgan fingerprint density at radius 2 is 1.76 bits per heavy atom. The summed E-state index contributed by atoms with van der Waals surface area (Å²) < 4.78 is 22.5. The first kappa shape index (κ1) is 16.5. The molecule has 0 bridgehead atoms. The highest BCUT2D eigenvalue weighted by atomic mass is 32.2. The van der Waals surface area contributed by atoms with Gasteiger partial charge in [-0.25, -0.2) is 8.42 Å². The fourth-order valence-electron chi connectivity index (χ4n) is 3.58. The fraction of sp³-hybridized carbons (Fsp3) is 0.647. The second-order valence-corrected chi connectivity index (χ2v) is 8.63. The Morgan fingerprint density at radius 1 is 1.14 bits per heavy atom. The van der Waals surface area contributed by atoms with Crippen LogP contribution in [-0.2, 0) is 15.3 Å². The standard InChI is InChI=1S/C17H26O3S/c1-21(19,20)14-8-11-16(18)17(12-6-3-7-13-17)15-9-4-2-5-10-15/h2,4-5,9-10,16,18H,3,6-8,11-14H2,1H3. The van der Waals surface area contributed by atoms with E-state index in [9.17, 15) is 13.5 Å². The average Bonchev–Trinajstić information content (AvgIpc) is 2.47. The van der Waals surface area contributed by atoms with Crippen molar-refractivity contribution in [3.63, 3.8) is 0 Å². The molecule has 1 aliphatic carbocycles. The van der Waals surface area contributed by atoms with Crippen molar-refractivity contribution < 1.29 is 13.5 Å². The van der Waals surface area contributed by atoms with Gasteiger partial charge in [0.05, 0.1) is 6.10 Å². The van der Waals surface area contributed by atoms with Crippen molar-refractivity contribution in [3.8, 4) is 0 Å². The molecule has 1 saturated carbocycles. The second-order valence-electron chi connectivity index (χ2n) is 6.37. The number of sulfone groups is 1. The lowest BCUT2D eigenvalue weighted by atomic mass is 9.65. The summed E-state index contributed by atoms with van der Waals surface area (Å²) in [6, 6.07) is 10.2. The van der Waals surface area contributed by atoms with Crippen LogP contribution >= 0.6 is 0 Å². The van der Waals surface area contributed by atoms with Crippen molar-refractivity contribution in [1.29, 1.82) is 0 Å². The molecule has 1 N–H and O–H groups in total. The Kier molecular flexibility index (Phi) is 5.44. The third-order valence-corrected chi connectivity index (χ3v) is 5.76. The smallest absolute Gasteiger partial charge is 0.147 e. The van der Waals surface area contributed by atoms with Gasteiger partial charge in [-0.3, -0.25) is 0 Å². The third kappa shape index (κ3) is 4.30. The second kappa shape index (κ2) is 6.93. The number of aliphatic hydroxyl groups excluding tert-OH is 1. The largest absolute Gasteiger partial charge is 0.392 e. The summed E-state index contributed by atoms with van der Waals surface area (Å²) in [4.78, 5) is 0. The Hall–Kier alpha value is -0.870. The third-order valence-electron chi connectivity index (χ3n) is 4.73. The van der Waals surface area contributed by atoms with Gasteiger partial charge in [0, 0.05) is 17.4 Å². The molecule has 0 spiro atoms. The first-order valence-corrected chi connectivity index (χ1v) is 9.91. The molecule has 3 nitrogen and oxygen atoms in total. The Bertz CT molecular complexity index is 530. The summed E-state index contributed by atoms with van der Waals surface area (Å²) >= 11 is 0. The molecule has 1 fully saturated rings. The Morgan fingerprint density at radius 3 is 2.33 bits per heavy atom. The van der Waals surface area contributed by atoms with Crippen LogP contribution < -0.4 is 0 Å². The van der Waals surface area contributed by atoms with Crippen LogP contribution in [0.3, 0.4) is 0 Å². The fourth-order valence-corrected chi connectivity index (χ4v) is 4.27. The maximum Gasteiger partial charge on any atom is 0.147 e. The summed E-state index contributed by atoms with van der Waals surface area (Å²) in [6.45, 7) is 0. The molecule has 2 rings (SSSR count). The zero-order valence-electron chi connectivity index (χ0n) is 12.8. The number of rotatable bonds is 6. The van der Waals surface area contributed by atoms with E-state index < -0.39 is 15.9 Å². The van der Waals surface area contributed by atoms with Crippen molar-refractivity contribution in [1.82, 2.24) is 0 Å². The van der Waals surface area contributed by atoms with Gasteiger partial charge in [0.2, 0.25) is 0 Å². The minimum atomic E-state index is -2.95. The van der Waals surface area contributed by atoms with Crippen molar-refractivity contribution in [2.45, 2.75) is 56.5 Å². The molecule has 1 aromatic carbocycles. The zero-order valence-corrected chi connectivity index (χ0v) is 13.6. The van der Waals surface area contributed by atoms with Gasteiger partial charge in [-0.05, 0) is 31.2 Å². The minimum absolute atomic E-state index is 0.162. The van der Waals surface area contributed by atoms with E-state index in [0.29, 0.717) is 12.8 Å². The number of benzene rings is 1. The maximum absolute atomic E-state index is 11.3. The Balaban J connectivity index is 2.12. The lowest BCUT2D eigenvalue weighted by molar-refractivity contribution is 0.0465. The molecule has 1 aromatic rings.